The second-order valence-electron chi connectivity index (χ2n) is 9.87. The molecule has 2 aliphatic heterocycles. The van der Waals surface area contributed by atoms with Gasteiger partial charge in [-0.15, -0.1) is 22.7 Å². The van der Waals surface area contributed by atoms with Gasteiger partial charge >= 0.3 is 0 Å². The van der Waals surface area contributed by atoms with Crippen molar-refractivity contribution in [2.45, 2.75) is 36.3 Å². The van der Waals surface area contributed by atoms with E-state index in [1.807, 2.05) is 35.8 Å². The summed E-state index contributed by atoms with van der Waals surface area (Å²) in [6, 6.07) is 6.78. The molecule has 3 aromatic heterocycles. The van der Waals surface area contributed by atoms with Crippen molar-refractivity contribution < 1.29 is 13.2 Å². The van der Waals surface area contributed by atoms with Gasteiger partial charge < -0.3 is 9.47 Å². The molecule has 1 unspecified atom stereocenters. The standard InChI is InChI=1S/C25H28ClN7O3S3/c1-29-14-20-22(15-30(29)2)38-24(28-20)25(34)33-10-9-32(13-19(33)5-7-31-8-6-27-16-31)39(35,36)23-11-17-3-4-18(26)12-21(17)37-23/h3-4,6,8,11-12,16,19H,5,7,9-10,13-15H2,1-2H3. The minimum absolute atomic E-state index is 0.135. The second kappa shape index (κ2) is 10.5. The Morgan fingerprint density at radius 1 is 1.13 bits per heavy atom. The number of aromatic nitrogens is 3. The van der Waals surface area contributed by atoms with Crippen LogP contribution >= 0.6 is 34.3 Å². The van der Waals surface area contributed by atoms with Crippen molar-refractivity contribution in [1.29, 1.82) is 0 Å². The summed E-state index contributed by atoms with van der Waals surface area (Å²) in [4.78, 5) is 25.5. The first-order valence-electron chi connectivity index (χ1n) is 12.6. The first kappa shape index (κ1) is 26.8. The molecule has 6 rings (SSSR count). The molecular weight excluding hydrogens is 578 g/mol. The van der Waals surface area contributed by atoms with Gasteiger partial charge in [-0.25, -0.2) is 28.4 Å². The van der Waals surface area contributed by atoms with E-state index in [1.54, 1.807) is 30.7 Å². The van der Waals surface area contributed by atoms with Crippen LogP contribution in [0.25, 0.3) is 10.1 Å². The fourth-order valence-corrected chi connectivity index (χ4v) is 9.39. The SMILES string of the molecule is CN1Cc2nc(C(=O)N3CCN(S(=O)(=O)c4cc5ccc(Cl)cc5s4)CC3CCn3ccnc3)sc2CN1C. The van der Waals surface area contributed by atoms with Gasteiger partial charge in [0.15, 0.2) is 5.01 Å². The molecule has 0 N–H and O–H groups in total. The fraction of sp³-hybridized carbons (Fsp3) is 0.400. The summed E-state index contributed by atoms with van der Waals surface area (Å²) >= 11 is 8.79. The molecule has 5 heterocycles. The van der Waals surface area contributed by atoms with Crippen LogP contribution in [-0.2, 0) is 29.7 Å². The normalized spacial score (nSPS) is 19.6. The van der Waals surface area contributed by atoms with E-state index < -0.39 is 10.0 Å². The number of benzene rings is 1. The van der Waals surface area contributed by atoms with Gasteiger partial charge in [0, 0.05) is 79.9 Å². The average molecular weight is 606 g/mol. The lowest BCUT2D eigenvalue weighted by Crippen LogP contribution is -2.56. The average Bonchev–Trinajstić information content (AvgIpc) is 3.67. The zero-order valence-electron chi connectivity index (χ0n) is 21.5. The largest absolute Gasteiger partial charge is 0.337 e. The van der Waals surface area contributed by atoms with Crippen molar-refractivity contribution >= 4 is 60.3 Å². The zero-order chi connectivity index (χ0) is 27.3. The number of rotatable bonds is 6. The van der Waals surface area contributed by atoms with E-state index >= 15 is 0 Å². The van der Waals surface area contributed by atoms with Gasteiger partial charge in [-0.05, 0) is 30.0 Å². The first-order chi connectivity index (χ1) is 18.7. The van der Waals surface area contributed by atoms with Gasteiger partial charge in [0.1, 0.15) is 4.21 Å². The highest BCUT2D eigenvalue weighted by atomic mass is 35.5. The van der Waals surface area contributed by atoms with Gasteiger partial charge in [-0.2, -0.15) is 4.31 Å². The lowest BCUT2D eigenvalue weighted by atomic mass is 10.1. The van der Waals surface area contributed by atoms with Crippen LogP contribution in [0.1, 0.15) is 26.8 Å². The molecule has 206 valence electrons. The Hall–Kier alpha value is -2.39. The number of carbonyl (C=O) groups is 1. The highest BCUT2D eigenvalue weighted by Gasteiger charge is 2.38. The van der Waals surface area contributed by atoms with Crippen molar-refractivity contribution in [1.82, 2.24) is 33.8 Å². The third kappa shape index (κ3) is 5.24. The van der Waals surface area contributed by atoms with Crippen molar-refractivity contribution in [3.8, 4) is 0 Å². The number of thiazole rings is 1. The summed E-state index contributed by atoms with van der Waals surface area (Å²) in [5, 5.41) is 6.07. The summed E-state index contributed by atoms with van der Waals surface area (Å²) in [7, 11) is 0.273. The van der Waals surface area contributed by atoms with E-state index in [2.05, 4.69) is 15.0 Å². The van der Waals surface area contributed by atoms with E-state index in [0.29, 0.717) is 42.6 Å². The molecule has 1 amide bonds. The van der Waals surface area contributed by atoms with Crippen LogP contribution in [0, 0.1) is 0 Å². The highest BCUT2D eigenvalue weighted by Crippen LogP contribution is 2.34. The molecular formula is C25H28ClN7O3S3. The number of imidazole rings is 1. The van der Waals surface area contributed by atoms with Gasteiger partial charge in [0.05, 0.1) is 18.6 Å². The number of thiophene rings is 1. The van der Waals surface area contributed by atoms with E-state index in [1.165, 1.54) is 27.0 Å². The van der Waals surface area contributed by atoms with Gasteiger partial charge in [-0.1, -0.05) is 17.7 Å². The Labute approximate surface area is 240 Å². The number of piperazine rings is 1. The number of amides is 1. The summed E-state index contributed by atoms with van der Waals surface area (Å²) in [5.41, 5.74) is 0.935. The second-order valence-corrected chi connectivity index (χ2v) is 14.6. The Kier molecular flexibility index (Phi) is 7.25. The number of sulfonamides is 1. The predicted molar refractivity (Wildman–Crippen MR) is 152 cm³/mol. The molecule has 10 nitrogen and oxygen atoms in total. The molecule has 0 radical (unpaired) electrons. The number of hydrogen-bond donors (Lipinski definition) is 0. The summed E-state index contributed by atoms with van der Waals surface area (Å²) in [6.45, 7) is 2.73. The van der Waals surface area contributed by atoms with E-state index in [9.17, 15) is 13.2 Å². The van der Waals surface area contributed by atoms with Gasteiger partial charge in [0.25, 0.3) is 15.9 Å². The molecule has 0 spiro atoms. The lowest BCUT2D eigenvalue weighted by Gasteiger charge is -2.40. The first-order valence-corrected chi connectivity index (χ1v) is 16.0. The van der Waals surface area contributed by atoms with E-state index in [-0.39, 0.29) is 29.2 Å². The number of aryl methyl sites for hydroxylation is 1. The minimum atomic E-state index is -3.74. The summed E-state index contributed by atoms with van der Waals surface area (Å²) in [6.07, 6.45) is 5.90. The lowest BCUT2D eigenvalue weighted by molar-refractivity contribution is -0.00173. The zero-order valence-corrected chi connectivity index (χ0v) is 24.7. The number of nitrogens with zero attached hydrogens (tertiary/aromatic N) is 7. The Morgan fingerprint density at radius 2 is 1.95 bits per heavy atom. The topological polar surface area (TPSA) is 94.9 Å². The molecule has 1 atom stereocenters. The van der Waals surface area contributed by atoms with Crippen LogP contribution in [0.5, 0.6) is 0 Å². The third-order valence-corrected chi connectivity index (χ3v) is 12.1. The molecule has 4 aromatic rings. The monoisotopic (exact) mass is 605 g/mol. The van der Waals surface area contributed by atoms with Crippen LogP contribution < -0.4 is 0 Å². The molecule has 0 bridgehead atoms. The van der Waals surface area contributed by atoms with Crippen molar-refractivity contribution in [3.05, 3.63) is 63.6 Å². The van der Waals surface area contributed by atoms with Crippen LogP contribution in [-0.4, -0.2) is 87.9 Å². The van der Waals surface area contributed by atoms with E-state index in [4.69, 9.17) is 16.6 Å². The molecule has 2 aliphatic rings. The maximum Gasteiger partial charge on any atom is 0.283 e. The molecule has 1 fully saturated rings. The maximum atomic E-state index is 13.8. The number of fused-ring (bicyclic) bond motifs is 2. The van der Waals surface area contributed by atoms with Gasteiger partial charge in [0.2, 0.25) is 0 Å². The molecule has 39 heavy (non-hydrogen) atoms. The molecule has 1 aromatic carbocycles. The van der Waals surface area contributed by atoms with Crippen molar-refractivity contribution in [3.63, 3.8) is 0 Å². The smallest absolute Gasteiger partial charge is 0.283 e. The van der Waals surface area contributed by atoms with Crippen molar-refractivity contribution in [2.24, 2.45) is 0 Å². The Morgan fingerprint density at radius 3 is 2.74 bits per heavy atom. The molecule has 1 saturated heterocycles. The summed E-state index contributed by atoms with van der Waals surface area (Å²) in [5.74, 6) is -0.135. The van der Waals surface area contributed by atoms with Crippen LogP contribution in [0.15, 0.2) is 47.2 Å². The van der Waals surface area contributed by atoms with Crippen LogP contribution in [0.3, 0.4) is 0 Å². The Balaban J connectivity index is 1.26. The molecule has 0 aliphatic carbocycles. The summed E-state index contributed by atoms with van der Waals surface area (Å²) < 4.78 is 32.0. The fourth-order valence-electron chi connectivity index (χ4n) is 5.02. The van der Waals surface area contributed by atoms with Crippen LogP contribution in [0.2, 0.25) is 5.02 Å². The number of hydrazine groups is 1. The number of hydrogen-bond acceptors (Lipinski definition) is 9. The Bertz CT molecular complexity index is 1590. The molecule has 14 heteroatoms. The highest BCUT2D eigenvalue weighted by molar-refractivity contribution is 7.91. The minimum Gasteiger partial charge on any atom is -0.337 e. The van der Waals surface area contributed by atoms with Gasteiger partial charge in [-0.3, -0.25) is 4.79 Å². The van der Waals surface area contributed by atoms with Crippen molar-refractivity contribution in [2.75, 3.05) is 33.7 Å². The molecule has 0 saturated carbocycles. The maximum absolute atomic E-state index is 13.8. The van der Waals surface area contributed by atoms with Crippen LogP contribution in [0.4, 0.5) is 0 Å². The number of halogens is 1. The predicted octanol–water partition coefficient (Wildman–Crippen LogP) is 3.61. The van der Waals surface area contributed by atoms with E-state index in [0.717, 1.165) is 20.7 Å². The quantitative estimate of drug-likeness (QED) is 0.331. The third-order valence-electron chi connectivity index (χ3n) is 7.33. The number of carbonyl (C=O) groups excluding carboxylic acids is 1.